The third-order valence-electron chi connectivity index (χ3n) is 4.90. The minimum absolute atomic E-state index is 0.229. The first-order chi connectivity index (χ1) is 12.8. The highest BCUT2D eigenvalue weighted by atomic mass is 19.1. The summed E-state index contributed by atoms with van der Waals surface area (Å²) in [6.45, 7) is 6.27. The zero-order valence-electron chi connectivity index (χ0n) is 15.4. The van der Waals surface area contributed by atoms with Crippen molar-refractivity contribution in [2.24, 2.45) is 0 Å². The zero-order chi connectivity index (χ0) is 18.2. The Morgan fingerprint density at radius 2 is 1.73 bits per heavy atom. The van der Waals surface area contributed by atoms with Crippen LogP contribution in [0.15, 0.2) is 48.5 Å². The Morgan fingerprint density at radius 1 is 1.00 bits per heavy atom. The summed E-state index contributed by atoms with van der Waals surface area (Å²) in [4.78, 5) is 4.07. The van der Waals surface area contributed by atoms with Crippen LogP contribution in [0.25, 0.3) is 0 Å². The van der Waals surface area contributed by atoms with E-state index in [9.17, 15) is 4.39 Å². The molecule has 1 fully saturated rings. The van der Waals surface area contributed by atoms with Crippen molar-refractivity contribution >= 4 is 5.69 Å². The van der Waals surface area contributed by atoms with Crippen LogP contribution in [0.4, 0.5) is 10.1 Å². The Labute approximate surface area is 155 Å². The van der Waals surface area contributed by atoms with Crippen molar-refractivity contribution in [3.8, 4) is 11.5 Å². The lowest BCUT2D eigenvalue weighted by molar-refractivity contribution is -0.900. The van der Waals surface area contributed by atoms with E-state index in [1.165, 1.54) is 24.4 Å². The van der Waals surface area contributed by atoms with Gasteiger partial charge in [0.05, 0.1) is 52.1 Å². The van der Waals surface area contributed by atoms with Crippen LogP contribution < -0.4 is 19.3 Å². The maximum absolute atomic E-state index is 12.8. The van der Waals surface area contributed by atoms with E-state index in [2.05, 4.69) is 17.0 Å². The molecule has 26 heavy (non-hydrogen) atoms. The van der Waals surface area contributed by atoms with Gasteiger partial charge in [-0.2, -0.15) is 0 Å². The summed E-state index contributed by atoms with van der Waals surface area (Å²) in [5.74, 6) is 1.46. The van der Waals surface area contributed by atoms with Gasteiger partial charge < -0.3 is 19.3 Å². The number of nitrogens with zero attached hydrogens (tertiary/aromatic N) is 1. The summed E-state index contributed by atoms with van der Waals surface area (Å²) in [7, 11) is 1.73. The highest BCUT2D eigenvalue weighted by Crippen LogP contribution is 2.27. The number of quaternary nitrogens is 1. The number of ether oxygens (including phenoxy) is 2. The molecule has 140 valence electrons. The molecular weight excluding hydrogens is 331 g/mol. The van der Waals surface area contributed by atoms with E-state index in [0.29, 0.717) is 6.61 Å². The Balaban J connectivity index is 1.33. The SMILES string of the molecule is COc1ccccc1N1CC[NH+](CCCCOc2ccc(F)cc2)CC1. The van der Waals surface area contributed by atoms with E-state index in [1.54, 1.807) is 24.1 Å². The molecule has 4 nitrogen and oxygen atoms in total. The van der Waals surface area contributed by atoms with Gasteiger partial charge in [-0.15, -0.1) is 0 Å². The number of hydrogen-bond donors (Lipinski definition) is 1. The van der Waals surface area contributed by atoms with E-state index in [-0.39, 0.29) is 5.82 Å². The molecule has 2 aromatic carbocycles. The Hall–Kier alpha value is -2.27. The second-order valence-corrected chi connectivity index (χ2v) is 6.67. The summed E-state index contributed by atoms with van der Waals surface area (Å²) in [6.07, 6.45) is 2.17. The number of benzene rings is 2. The van der Waals surface area contributed by atoms with Crippen LogP contribution in [0, 0.1) is 5.82 Å². The zero-order valence-corrected chi connectivity index (χ0v) is 15.4. The predicted molar refractivity (Wildman–Crippen MR) is 102 cm³/mol. The van der Waals surface area contributed by atoms with E-state index in [1.807, 2.05) is 12.1 Å². The van der Waals surface area contributed by atoms with Crippen molar-refractivity contribution in [2.45, 2.75) is 12.8 Å². The van der Waals surface area contributed by atoms with Gasteiger partial charge in [0.2, 0.25) is 0 Å². The second kappa shape index (κ2) is 9.43. The van der Waals surface area contributed by atoms with Crippen molar-refractivity contribution in [1.82, 2.24) is 0 Å². The molecule has 0 radical (unpaired) electrons. The Kier molecular flexibility index (Phi) is 6.72. The summed E-state index contributed by atoms with van der Waals surface area (Å²) in [5.41, 5.74) is 1.20. The van der Waals surface area contributed by atoms with Crippen molar-refractivity contribution in [2.75, 3.05) is 51.3 Å². The normalized spacial score (nSPS) is 15.1. The average Bonchev–Trinajstić information content (AvgIpc) is 2.69. The van der Waals surface area contributed by atoms with E-state index >= 15 is 0 Å². The molecule has 5 heteroatoms. The van der Waals surface area contributed by atoms with Gasteiger partial charge in [0.15, 0.2) is 0 Å². The van der Waals surface area contributed by atoms with E-state index in [4.69, 9.17) is 9.47 Å². The van der Waals surface area contributed by atoms with Crippen LogP contribution in [-0.4, -0.2) is 46.4 Å². The number of rotatable bonds is 8. The number of halogens is 1. The molecule has 1 saturated heterocycles. The number of hydrogen-bond acceptors (Lipinski definition) is 3. The summed E-state index contributed by atoms with van der Waals surface area (Å²) < 4.78 is 24.0. The molecular formula is C21H28FN2O2+. The molecule has 0 bridgehead atoms. The minimum atomic E-state index is -0.229. The molecule has 3 rings (SSSR count). The number of piperazine rings is 1. The average molecular weight is 359 g/mol. The molecule has 1 N–H and O–H groups in total. The summed E-state index contributed by atoms with van der Waals surface area (Å²) in [5, 5.41) is 0. The van der Waals surface area contributed by atoms with Gasteiger partial charge in [-0.25, -0.2) is 4.39 Å². The Bertz CT molecular complexity index is 670. The maximum Gasteiger partial charge on any atom is 0.142 e. The quantitative estimate of drug-likeness (QED) is 0.733. The molecule has 1 heterocycles. The molecule has 0 atom stereocenters. The number of para-hydroxylation sites is 2. The first kappa shape index (κ1) is 18.5. The standard InChI is InChI=1S/C21H27FN2O2/c1-25-21-7-3-2-6-20(21)24-15-13-23(14-16-24)12-4-5-17-26-19-10-8-18(22)9-11-19/h2-3,6-11H,4-5,12-17H2,1H3/p+1. The predicted octanol–water partition coefficient (Wildman–Crippen LogP) is 2.40. The number of nitrogens with one attached hydrogen (secondary N) is 1. The lowest BCUT2D eigenvalue weighted by atomic mass is 10.2. The van der Waals surface area contributed by atoms with Crippen LogP contribution in [0.3, 0.4) is 0 Å². The lowest BCUT2D eigenvalue weighted by Crippen LogP contribution is -3.14. The highest BCUT2D eigenvalue weighted by Gasteiger charge is 2.21. The number of unbranched alkanes of at least 4 members (excludes halogenated alkanes) is 1. The van der Waals surface area contributed by atoms with Crippen LogP contribution >= 0.6 is 0 Å². The fraction of sp³-hybridized carbons (Fsp3) is 0.429. The smallest absolute Gasteiger partial charge is 0.142 e. The topological polar surface area (TPSA) is 26.1 Å². The summed E-state index contributed by atoms with van der Waals surface area (Å²) >= 11 is 0. The molecule has 0 saturated carbocycles. The molecule has 0 spiro atoms. The van der Waals surface area contributed by atoms with Crippen molar-refractivity contribution in [1.29, 1.82) is 0 Å². The monoisotopic (exact) mass is 359 g/mol. The molecule has 0 aliphatic carbocycles. The fourth-order valence-electron chi connectivity index (χ4n) is 3.40. The van der Waals surface area contributed by atoms with Crippen LogP contribution in [0.5, 0.6) is 11.5 Å². The largest absolute Gasteiger partial charge is 0.495 e. The van der Waals surface area contributed by atoms with Gasteiger partial charge in [0, 0.05) is 0 Å². The van der Waals surface area contributed by atoms with E-state index in [0.717, 1.165) is 50.5 Å². The van der Waals surface area contributed by atoms with Gasteiger partial charge in [-0.1, -0.05) is 12.1 Å². The highest BCUT2D eigenvalue weighted by molar-refractivity contribution is 5.58. The second-order valence-electron chi connectivity index (χ2n) is 6.67. The molecule has 0 amide bonds. The Morgan fingerprint density at radius 3 is 2.46 bits per heavy atom. The number of methoxy groups -OCH3 is 1. The lowest BCUT2D eigenvalue weighted by Gasteiger charge is -2.34. The van der Waals surface area contributed by atoms with Crippen LogP contribution in [0.2, 0.25) is 0 Å². The summed E-state index contributed by atoms with van der Waals surface area (Å²) in [6, 6.07) is 14.5. The van der Waals surface area contributed by atoms with Gasteiger partial charge in [-0.05, 0) is 49.2 Å². The fourth-order valence-corrected chi connectivity index (χ4v) is 3.40. The third kappa shape index (κ3) is 5.11. The molecule has 1 aliphatic rings. The molecule has 2 aromatic rings. The van der Waals surface area contributed by atoms with Gasteiger partial charge in [0.25, 0.3) is 0 Å². The van der Waals surface area contributed by atoms with Gasteiger partial charge >= 0.3 is 0 Å². The molecule has 0 aromatic heterocycles. The minimum Gasteiger partial charge on any atom is -0.495 e. The number of anilines is 1. The first-order valence-corrected chi connectivity index (χ1v) is 9.36. The van der Waals surface area contributed by atoms with Crippen molar-refractivity contribution < 1.29 is 18.8 Å². The maximum atomic E-state index is 12.8. The van der Waals surface area contributed by atoms with Crippen LogP contribution in [-0.2, 0) is 0 Å². The molecule has 1 aliphatic heterocycles. The van der Waals surface area contributed by atoms with E-state index < -0.39 is 0 Å². The molecule has 0 unspecified atom stereocenters. The first-order valence-electron chi connectivity index (χ1n) is 9.36. The van der Waals surface area contributed by atoms with Crippen molar-refractivity contribution in [3.63, 3.8) is 0 Å². The van der Waals surface area contributed by atoms with Crippen LogP contribution in [0.1, 0.15) is 12.8 Å². The van der Waals surface area contributed by atoms with Gasteiger partial charge in [0.1, 0.15) is 17.3 Å². The van der Waals surface area contributed by atoms with Gasteiger partial charge in [-0.3, -0.25) is 0 Å². The third-order valence-corrected chi connectivity index (χ3v) is 4.90. The van der Waals surface area contributed by atoms with Crippen molar-refractivity contribution in [3.05, 3.63) is 54.3 Å².